The molecule has 5 nitrogen and oxygen atoms in total. The van der Waals surface area contributed by atoms with Crippen molar-refractivity contribution in [2.45, 2.75) is 39.7 Å². The van der Waals surface area contributed by atoms with Crippen LogP contribution < -0.4 is 5.32 Å². The van der Waals surface area contributed by atoms with Crippen molar-refractivity contribution < 1.29 is 19.1 Å². The maximum atomic E-state index is 13.3. The van der Waals surface area contributed by atoms with Crippen LogP contribution in [0.1, 0.15) is 32.3 Å². The molecule has 1 unspecified atom stereocenters. The van der Waals surface area contributed by atoms with Gasteiger partial charge in [0, 0.05) is 18.3 Å². The Labute approximate surface area is 135 Å². The lowest BCUT2D eigenvalue weighted by Crippen LogP contribution is -2.41. The van der Waals surface area contributed by atoms with Crippen LogP contribution in [0.5, 0.6) is 0 Å². The van der Waals surface area contributed by atoms with E-state index in [9.17, 15) is 19.1 Å². The molecule has 23 heavy (non-hydrogen) atoms. The van der Waals surface area contributed by atoms with Gasteiger partial charge in [0.2, 0.25) is 5.91 Å². The lowest BCUT2D eigenvalue weighted by Gasteiger charge is -2.27. The van der Waals surface area contributed by atoms with E-state index in [2.05, 4.69) is 5.32 Å². The number of likely N-dealkylation sites (tertiary alicyclic amines) is 1. The Hall–Kier alpha value is -2.11. The number of carbonyl (C=O) groups excluding carboxylic acids is 1. The molecule has 2 atom stereocenters. The van der Waals surface area contributed by atoms with Crippen LogP contribution in [0.4, 0.5) is 14.9 Å². The minimum absolute atomic E-state index is 0.203. The molecule has 0 radical (unpaired) electrons. The number of carbonyl (C=O) groups is 2. The van der Waals surface area contributed by atoms with E-state index in [0.717, 1.165) is 0 Å². The Bertz CT molecular complexity index is 604. The van der Waals surface area contributed by atoms with Gasteiger partial charge in [-0.1, -0.05) is 13.8 Å². The number of rotatable bonds is 4. The van der Waals surface area contributed by atoms with Crippen LogP contribution >= 0.6 is 0 Å². The van der Waals surface area contributed by atoms with Crippen LogP contribution in [0, 0.1) is 24.6 Å². The number of hydrogen-bond acceptors (Lipinski definition) is 2. The largest absolute Gasteiger partial charge is 0.465 e. The molecule has 0 aliphatic carbocycles. The van der Waals surface area contributed by atoms with Crippen molar-refractivity contribution in [1.29, 1.82) is 0 Å². The molecular weight excluding hydrogens is 299 g/mol. The van der Waals surface area contributed by atoms with Gasteiger partial charge in [-0.2, -0.15) is 0 Å². The van der Waals surface area contributed by atoms with Gasteiger partial charge < -0.3 is 15.3 Å². The normalized spacial score (nSPS) is 20.8. The molecule has 0 spiro atoms. The van der Waals surface area contributed by atoms with Gasteiger partial charge in [0.15, 0.2) is 0 Å². The molecule has 1 aromatic carbocycles. The molecule has 1 heterocycles. The molecule has 1 aliphatic rings. The summed E-state index contributed by atoms with van der Waals surface area (Å²) in [6.45, 7) is 6.02. The van der Waals surface area contributed by atoms with Crippen molar-refractivity contribution in [3.05, 3.63) is 29.6 Å². The second-order valence-electron chi connectivity index (χ2n) is 6.52. The lowest BCUT2D eigenvalue weighted by molar-refractivity contribution is -0.120. The third-order valence-electron chi connectivity index (χ3n) is 4.27. The van der Waals surface area contributed by atoms with E-state index >= 15 is 0 Å². The summed E-state index contributed by atoms with van der Waals surface area (Å²) in [4.78, 5) is 25.3. The van der Waals surface area contributed by atoms with Crippen LogP contribution in [0.25, 0.3) is 0 Å². The number of carboxylic acid groups (broad SMARTS) is 1. The topological polar surface area (TPSA) is 69.6 Å². The number of benzene rings is 1. The number of anilines is 1. The van der Waals surface area contributed by atoms with Gasteiger partial charge in [-0.05, 0) is 49.4 Å². The summed E-state index contributed by atoms with van der Waals surface area (Å²) in [5, 5.41) is 12.1. The highest BCUT2D eigenvalue weighted by Gasteiger charge is 2.41. The zero-order valence-corrected chi connectivity index (χ0v) is 13.7. The fourth-order valence-electron chi connectivity index (χ4n) is 3.13. The van der Waals surface area contributed by atoms with Gasteiger partial charge in [0.1, 0.15) is 5.82 Å². The van der Waals surface area contributed by atoms with Crippen molar-refractivity contribution in [2.24, 2.45) is 11.8 Å². The first kappa shape index (κ1) is 17.2. The zero-order valence-electron chi connectivity index (χ0n) is 13.7. The van der Waals surface area contributed by atoms with Gasteiger partial charge in [-0.3, -0.25) is 4.79 Å². The molecular formula is C17H23FN2O3. The highest BCUT2D eigenvalue weighted by Crippen LogP contribution is 2.30. The van der Waals surface area contributed by atoms with E-state index < -0.39 is 6.09 Å². The molecule has 0 bridgehead atoms. The van der Waals surface area contributed by atoms with Crippen molar-refractivity contribution >= 4 is 17.7 Å². The van der Waals surface area contributed by atoms with Crippen LogP contribution in [-0.2, 0) is 4.79 Å². The molecule has 1 aliphatic heterocycles. The SMILES string of the molecule is Cc1cc(NC(=O)[C@H]2CCN(C(=O)O)C2CC(C)C)ccc1F. The Balaban J connectivity index is 2.13. The number of amides is 2. The first-order chi connectivity index (χ1) is 10.8. The lowest BCUT2D eigenvalue weighted by atomic mass is 9.92. The molecule has 0 saturated carbocycles. The molecule has 6 heteroatoms. The average molecular weight is 322 g/mol. The summed E-state index contributed by atoms with van der Waals surface area (Å²) in [5.74, 6) is -0.605. The van der Waals surface area contributed by atoms with Crippen LogP contribution in [0.2, 0.25) is 0 Å². The number of halogens is 1. The van der Waals surface area contributed by atoms with Gasteiger partial charge in [-0.25, -0.2) is 9.18 Å². The van der Waals surface area contributed by atoms with E-state index in [1.165, 1.54) is 17.0 Å². The Morgan fingerprint density at radius 1 is 1.43 bits per heavy atom. The van der Waals surface area contributed by atoms with Gasteiger partial charge in [0.05, 0.1) is 5.92 Å². The highest BCUT2D eigenvalue weighted by molar-refractivity contribution is 5.93. The maximum Gasteiger partial charge on any atom is 0.407 e. The fraction of sp³-hybridized carbons (Fsp3) is 0.529. The first-order valence-corrected chi connectivity index (χ1v) is 7.86. The summed E-state index contributed by atoms with van der Waals surface area (Å²) in [7, 11) is 0. The molecule has 126 valence electrons. The standard InChI is InChI=1S/C17H23FN2O3/c1-10(2)8-15-13(6-7-20(15)17(22)23)16(21)19-12-4-5-14(18)11(3)9-12/h4-5,9-10,13,15H,6-8H2,1-3H3,(H,19,21)(H,22,23)/t13-,15?/m0/s1. The minimum atomic E-state index is -0.983. The van der Waals surface area contributed by atoms with E-state index in [1.54, 1.807) is 13.0 Å². The van der Waals surface area contributed by atoms with Crippen molar-refractivity contribution in [2.75, 3.05) is 11.9 Å². The maximum absolute atomic E-state index is 13.3. The van der Waals surface area contributed by atoms with Crippen LogP contribution in [0.3, 0.4) is 0 Å². The number of hydrogen-bond donors (Lipinski definition) is 2. The van der Waals surface area contributed by atoms with Crippen molar-refractivity contribution in [3.8, 4) is 0 Å². The van der Waals surface area contributed by atoms with Crippen molar-refractivity contribution in [1.82, 2.24) is 4.90 Å². The average Bonchev–Trinajstić information content (AvgIpc) is 2.86. The second kappa shape index (κ2) is 6.98. The summed E-state index contributed by atoms with van der Waals surface area (Å²) in [5.41, 5.74) is 0.992. The van der Waals surface area contributed by atoms with Crippen LogP contribution in [0.15, 0.2) is 18.2 Å². The summed E-state index contributed by atoms with van der Waals surface area (Å²) in [6, 6.07) is 4.10. The number of nitrogens with zero attached hydrogens (tertiary/aromatic N) is 1. The highest BCUT2D eigenvalue weighted by atomic mass is 19.1. The van der Waals surface area contributed by atoms with Gasteiger partial charge >= 0.3 is 6.09 Å². The Morgan fingerprint density at radius 3 is 2.70 bits per heavy atom. The van der Waals surface area contributed by atoms with Gasteiger partial charge in [-0.15, -0.1) is 0 Å². The predicted molar refractivity (Wildman–Crippen MR) is 85.8 cm³/mol. The van der Waals surface area contributed by atoms with E-state index in [-0.39, 0.29) is 23.7 Å². The van der Waals surface area contributed by atoms with E-state index in [1.807, 2.05) is 13.8 Å². The van der Waals surface area contributed by atoms with E-state index in [4.69, 9.17) is 0 Å². The molecule has 2 N–H and O–H groups in total. The zero-order chi connectivity index (χ0) is 17.1. The van der Waals surface area contributed by atoms with Gasteiger partial charge in [0.25, 0.3) is 0 Å². The molecule has 0 aromatic heterocycles. The third-order valence-corrected chi connectivity index (χ3v) is 4.27. The van der Waals surface area contributed by atoms with Crippen LogP contribution in [-0.4, -0.2) is 34.6 Å². The quantitative estimate of drug-likeness (QED) is 0.891. The predicted octanol–water partition coefficient (Wildman–Crippen LogP) is 3.49. The first-order valence-electron chi connectivity index (χ1n) is 7.86. The Kier molecular flexibility index (Phi) is 5.23. The fourth-order valence-corrected chi connectivity index (χ4v) is 3.13. The summed E-state index contributed by atoms with van der Waals surface area (Å²) < 4.78 is 13.3. The minimum Gasteiger partial charge on any atom is -0.465 e. The smallest absolute Gasteiger partial charge is 0.407 e. The summed E-state index contributed by atoms with van der Waals surface area (Å²) in [6.07, 6.45) is 0.172. The second-order valence-corrected chi connectivity index (χ2v) is 6.52. The molecule has 1 aromatic rings. The van der Waals surface area contributed by atoms with Crippen molar-refractivity contribution in [3.63, 3.8) is 0 Å². The molecule has 2 rings (SSSR count). The third kappa shape index (κ3) is 4.00. The Morgan fingerprint density at radius 2 is 2.13 bits per heavy atom. The molecule has 1 fully saturated rings. The monoisotopic (exact) mass is 322 g/mol. The molecule has 1 saturated heterocycles. The molecule has 2 amide bonds. The summed E-state index contributed by atoms with van der Waals surface area (Å²) >= 11 is 0. The number of aryl methyl sites for hydroxylation is 1. The number of nitrogens with one attached hydrogen (secondary N) is 1. The van der Waals surface area contributed by atoms with E-state index in [0.29, 0.717) is 36.6 Å².